The van der Waals surface area contributed by atoms with Crippen LogP contribution in [-0.4, -0.2) is 41.3 Å². The third-order valence-corrected chi connectivity index (χ3v) is 3.37. The molecule has 13 heavy (non-hydrogen) atoms. The van der Waals surface area contributed by atoms with E-state index in [-0.39, 0.29) is 18.2 Å². The number of nitrogens with zero attached hydrogens (tertiary/aromatic N) is 1. The molecule has 3 nitrogen and oxygen atoms in total. The summed E-state index contributed by atoms with van der Waals surface area (Å²) in [6.07, 6.45) is 3.51. The van der Waals surface area contributed by atoms with Gasteiger partial charge in [-0.3, -0.25) is 4.90 Å². The van der Waals surface area contributed by atoms with E-state index in [4.69, 9.17) is 5.73 Å². The van der Waals surface area contributed by atoms with Gasteiger partial charge < -0.3 is 10.8 Å². The molecule has 1 fully saturated rings. The highest BCUT2D eigenvalue weighted by Gasteiger charge is 2.34. The van der Waals surface area contributed by atoms with Crippen molar-refractivity contribution in [2.24, 2.45) is 5.73 Å². The summed E-state index contributed by atoms with van der Waals surface area (Å²) in [6, 6.07) is 0.734. The zero-order valence-corrected chi connectivity index (χ0v) is 8.95. The molecule has 3 N–H and O–H groups in total. The Morgan fingerprint density at radius 1 is 1.46 bits per heavy atom. The molecule has 1 rings (SSSR count). The van der Waals surface area contributed by atoms with Gasteiger partial charge in [0.1, 0.15) is 0 Å². The summed E-state index contributed by atoms with van der Waals surface area (Å²) in [5.74, 6) is 0. The van der Waals surface area contributed by atoms with Gasteiger partial charge in [0, 0.05) is 17.6 Å². The van der Waals surface area contributed by atoms with E-state index < -0.39 is 0 Å². The molecule has 0 bridgehead atoms. The quantitative estimate of drug-likeness (QED) is 0.677. The molecule has 0 saturated heterocycles. The highest BCUT2D eigenvalue weighted by Crippen LogP contribution is 2.26. The van der Waals surface area contributed by atoms with Crippen LogP contribution < -0.4 is 5.73 Å². The Balaban J connectivity index is 2.60. The molecule has 0 aromatic rings. The second-order valence-electron chi connectivity index (χ2n) is 4.74. The first-order valence-electron chi connectivity index (χ1n) is 5.08. The second kappa shape index (κ2) is 3.95. The minimum Gasteiger partial charge on any atom is -0.394 e. The van der Waals surface area contributed by atoms with Crippen LogP contribution >= 0.6 is 0 Å². The molecular formula is C10H22N2O. The molecule has 0 heterocycles. The molecule has 0 amide bonds. The third kappa shape index (κ3) is 2.22. The maximum atomic E-state index is 9.23. The summed E-state index contributed by atoms with van der Waals surface area (Å²) in [6.45, 7) is 4.29. The van der Waals surface area contributed by atoms with Crippen molar-refractivity contribution in [3.8, 4) is 0 Å². The fourth-order valence-corrected chi connectivity index (χ4v) is 2.01. The van der Waals surface area contributed by atoms with E-state index in [0.29, 0.717) is 6.04 Å². The van der Waals surface area contributed by atoms with Crippen LogP contribution in [0.3, 0.4) is 0 Å². The van der Waals surface area contributed by atoms with Crippen molar-refractivity contribution in [1.29, 1.82) is 0 Å². The number of likely N-dealkylation sites (N-methyl/N-ethyl adjacent to an activating group) is 1. The zero-order valence-electron chi connectivity index (χ0n) is 8.95. The van der Waals surface area contributed by atoms with E-state index in [0.717, 1.165) is 6.42 Å². The predicted octanol–water partition coefficient (Wildman–Crippen LogP) is 0.569. The Bertz CT molecular complexity index is 170. The van der Waals surface area contributed by atoms with Crippen LogP contribution in [0.1, 0.15) is 33.1 Å². The molecule has 3 heteroatoms. The average molecular weight is 186 g/mol. The molecule has 1 aliphatic carbocycles. The SMILES string of the molecule is CN(C1CCCC1N)C(C)(C)CO. The summed E-state index contributed by atoms with van der Waals surface area (Å²) in [4.78, 5) is 2.23. The molecule has 2 atom stereocenters. The van der Waals surface area contributed by atoms with Crippen molar-refractivity contribution >= 4 is 0 Å². The van der Waals surface area contributed by atoms with Crippen LogP contribution in [0.5, 0.6) is 0 Å². The van der Waals surface area contributed by atoms with Gasteiger partial charge in [-0.05, 0) is 33.7 Å². The molecule has 0 aliphatic heterocycles. The molecule has 78 valence electrons. The maximum Gasteiger partial charge on any atom is 0.0610 e. The smallest absolute Gasteiger partial charge is 0.0610 e. The molecule has 0 aromatic heterocycles. The molecule has 0 radical (unpaired) electrons. The fraction of sp³-hybridized carbons (Fsp3) is 1.00. The molecule has 1 saturated carbocycles. The second-order valence-corrected chi connectivity index (χ2v) is 4.74. The van der Waals surface area contributed by atoms with Crippen molar-refractivity contribution in [1.82, 2.24) is 4.90 Å². The van der Waals surface area contributed by atoms with Crippen LogP contribution in [0.4, 0.5) is 0 Å². The number of hydrogen-bond donors (Lipinski definition) is 2. The number of aliphatic hydroxyl groups excluding tert-OH is 1. The lowest BCUT2D eigenvalue weighted by molar-refractivity contribution is 0.0420. The van der Waals surface area contributed by atoms with Gasteiger partial charge in [-0.2, -0.15) is 0 Å². The summed E-state index contributed by atoms with van der Waals surface area (Å²) >= 11 is 0. The van der Waals surface area contributed by atoms with Crippen molar-refractivity contribution in [2.45, 2.75) is 50.7 Å². The van der Waals surface area contributed by atoms with Crippen molar-refractivity contribution in [3.63, 3.8) is 0 Å². The van der Waals surface area contributed by atoms with Crippen LogP contribution in [-0.2, 0) is 0 Å². The van der Waals surface area contributed by atoms with Gasteiger partial charge in [-0.15, -0.1) is 0 Å². The summed E-state index contributed by atoms with van der Waals surface area (Å²) in [5, 5.41) is 9.23. The Kier molecular flexibility index (Phi) is 3.33. The highest BCUT2D eigenvalue weighted by molar-refractivity contribution is 4.92. The van der Waals surface area contributed by atoms with E-state index in [9.17, 15) is 5.11 Å². The first-order chi connectivity index (χ1) is 5.99. The Morgan fingerprint density at radius 3 is 2.46 bits per heavy atom. The van der Waals surface area contributed by atoms with Crippen LogP contribution in [0.25, 0.3) is 0 Å². The monoisotopic (exact) mass is 186 g/mol. The number of aliphatic hydroxyl groups is 1. The summed E-state index contributed by atoms with van der Waals surface area (Å²) in [7, 11) is 2.06. The van der Waals surface area contributed by atoms with Crippen molar-refractivity contribution < 1.29 is 5.11 Å². The number of nitrogens with two attached hydrogens (primary N) is 1. The largest absolute Gasteiger partial charge is 0.394 e. The third-order valence-electron chi connectivity index (χ3n) is 3.37. The van der Waals surface area contributed by atoms with Gasteiger partial charge in [0.15, 0.2) is 0 Å². The van der Waals surface area contributed by atoms with Gasteiger partial charge in [-0.25, -0.2) is 0 Å². The lowest BCUT2D eigenvalue weighted by atomic mass is 10.0. The first kappa shape index (κ1) is 11.0. The zero-order chi connectivity index (χ0) is 10.1. The van der Waals surface area contributed by atoms with Gasteiger partial charge >= 0.3 is 0 Å². The van der Waals surface area contributed by atoms with E-state index in [1.54, 1.807) is 0 Å². The maximum absolute atomic E-state index is 9.23. The van der Waals surface area contributed by atoms with Gasteiger partial charge in [0.25, 0.3) is 0 Å². The van der Waals surface area contributed by atoms with Crippen LogP contribution in [0, 0.1) is 0 Å². The Hall–Kier alpha value is -0.120. The average Bonchev–Trinajstić information content (AvgIpc) is 2.50. The van der Waals surface area contributed by atoms with Gasteiger partial charge in [0.05, 0.1) is 6.61 Å². The lowest BCUT2D eigenvalue weighted by Gasteiger charge is -2.40. The van der Waals surface area contributed by atoms with Crippen molar-refractivity contribution in [2.75, 3.05) is 13.7 Å². The number of rotatable bonds is 3. The number of hydrogen-bond acceptors (Lipinski definition) is 3. The fourth-order valence-electron chi connectivity index (χ4n) is 2.01. The minimum atomic E-state index is -0.146. The highest BCUT2D eigenvalue weighted by atomic mass is 16.3. The molecule has 0 spiro atoms. The molecule has 2 unspecified atom stereocenters. The molecule has 1 aliphatic rings. The van der Waals surface area contributed by atoms with E-state index in [1.807, 2.05) is 0 Å². The summed E-state index contributed by atoms with van der Waals surface area (Å²) in [5.41, 5.74) is 5.86. The molecule has 0 aromatic carbocycles. The van der Waals surface area contributed by atoms with E-state index in [1.165, 1.54) is 12.8 Å². The normalized spacial score (nSPS) is 30.0. The predicted molar refractivity (Wildman–Crippen MR) is 54.5 cm³/mol. The lowest BCUT2D eigenvalue weighted by Crippen LogP contribution is -2.54. The first-order valence-corrected chi connectivity index (χ1v) is 5.08. The van der Waals surface area contributed by atoms with Crippen LogP contribution in [0.15, 0.2) is 0 Å². The summed E-state index contributed by atoms with van der Waals surface area (Å²) < 4.78 is 0. The van der Waals surface area contributed by atoms with Gasteiger partial charge in [-0.1, -0.05) is 6.42 Å². The van der Waals surface area contributed by atoms with Crippen LogP contribution in [0.2, 0.25) is 0 Å². The van der Waals surface area contributed by atoms with Crippen molar-refractivity contribution in [3.05, 3.63) is 0 Å². The van der Waals surface area contributed by atoms with E-state index in [2.05, 4.69) is 25.8 Å². The van der Waals surface area contributed by atoms with E-state index >= 15 is 0 Å². The minimum absolute atomic E-state index is 0.146. The standard InChI is InChI=1S/C10H22N2O/c1-10(2,7-13)12(3)9-6-4-5-8(9)11/h8-9,13H,4-7,11H2,1-3H3. The Labute approximate surface area is 80.9 Å². The van der Waals surface area contributed by atoms with Gasteiger partial charge in [0.2, 0.25) is 0 Å². The Morgan fingerprint density at radius 2 is 2.08 bits per heavy atom. The molecular weight excluding hydrogens is 164 g/mol. The topological polar surface area (TPSA) is 49.5 Å².